The molecular formula is C6H7N3O2. The van der Waals surface area contributed by atoms with Gasteiger partial charge in [0.2, 0.25) is 0 Å². The lowest BCUT2D eigenvalue weighted by molar-refractivity contribution is -0.135. The number of nitrogens with zero attached hydrogens (tertiary/aromatic N) is 2. The summed E-state index contributed by atoms with van der Waals surface area (Å²) in [6.45, 7) is 0. The van der Waals surface area contributed by atoms with Gasteiger partial charge in [-0.3, -0.25) is 9.89 Å². The van der Waals surface area contributed by atoms with Gasteiger partial charge in [0, 0.05) is 0 Å². The van der Waals surface area contributed by atoms with Crippen LogP contribution in [0.1, 0.15) is 12.2 Å². The lowest BCUT2D eigenvalue weighted by atomic mass is 10.4. The van der Waals surface area contributed by atoms with Crippen LogP contribution in [0, 0.1) is 0 Å². The first-order valence-electron chi connectivity index (χ1n) is 3.03. The molecule has 11 heavy (non-hydrogen) atoms. The Hall–Kier alpha value is -1.65. The molecule has 0 unspecified atom stereocenters. The zero-order chi connectivity index (χ0) is 8.10. The molecule has 0 aliphatic rings. The van der Waals surface area contributed by atoms with Crippen molar-refractivity contribution >= 4 is 12.0 Å². The average Bonchev–Trinajstić information content (AvgIpc) is 2.39. The Labute approximate surface area is 62.8 Å². The van der Waals surface area contributed by atoms with Gasteiger partial charge in [-0.25, -0.2) is 4.98 Å². The van der Waals surface area contributed by atoms with Crippen molar-refractivity contribution in [3.63, 3.8) is 0 Å². The van der Waals surface area contributed by atoms with Gasteiger partial charge < -0.3 is 5.11 Å². The highest BCUT2D eigenvalue weighted by atomic mass is 16.4. The van der Waals surface area contributed by atoms with E-state index in [1.807, 2.05) is 0 Å². The molecule has 0 aromatic carbocycles. The summed E-state index contributed by atoms with van der Waals surface area (Å²) in [5, 5.41) is 14.4. The second-order valence-corrected chi connectivity index (χ2v) is 1.87. The Kier molecular flexibility index (Phi) is 2.37. The molecule has 0 amide bonds. The maximum absolute atomic E-state index is 10.0. The van der Waals surface area contributed by atoms with E-state index < -0.39 is 5.97 Å². The number of aromatic amines is 1. The van der Waals surface area contributed by atoms with Gasteiger partial charge in [0.1, 0.15) is 12.2 Å². The van der Waals surface area contributed by atoms with Gasteiger partial charge in [0.05, 0.1) is 6.42 Å². The van der Waals surface area contributed by atoms with Gasteiger partial charge in [-0.1, -0.05) is 6.08 Å². The molecule has 0 aliphatic heterocycles. The van der Waals surface area contributed by atoms with Crippen LogP contribution in [-0.2, 0) is 4.79 Å². The zero-order valence-electron chi connectivity index (χ0n) is 5.69. The molecule has 0 saturated heterocycles. The number of carboxylic acids is 1. The van der Waals surface area contributed by atoms with Gasteiger partial charge in [-0.15, -0.1) is 0 Å². The maximum Gasteiger partial charge on any atom is 0.307 e. The molecule has 0 aliphatic carbocycles. The molecule has 0 fully saturated rings. The number of H-pyrrole nitrogens is 1. The van der Waals surface area contributed by atoms with Crippen molar-refractivity contribution in [3.05, 3.63) is 18.2 Å². The quantitative estimate of drug-likeness (QED) is 0.654. The summed E-state index contributed by atoms with van der Waals surface area (Å²) in [5.41, 5.74) is 0. The fourth-order valence-corrected chi connectivity index (χ4v) is 0.567. The highest BCUT2D eigenvalue weighted by Gasteiger charge is 1.90. The molecule has 58 valence electrons. The first-order valence-corrected chi connectivity index (χ1v) is 3.03. The van der Waals surface area contributed by atoms with Gasteiger partial charge in [0.15, 0.2) is 0 Å². The molecule has 5 heteroatoms. The summed E-state index contributed by atoms with van der Waals surface area (Å²) in [6.07, 6.45) is 4.44. The van der Waals surface area contributed by atoms with E-state index in [4.69, 9.17) is 5.11 Å². The van der Waals surface area contributed by atoms with Crippen molar-refractivity contribution in [2.45, 2.75) is 6.42 Å². The molecule has 0 radical (unpaired) electrons. The predicted octanol–water partition coefficient (Wildman–Crippen LogP) is 0.293. The number of carboxylic acid groups (broad SMARTS) is 1. The first kappa shape index (κ1) is 7.46. The number of rotatable bonds is 3. The third-order valence-electron chi connectivity index (χ3n) is 1.00. The molecule has 2 N–H and O–H groups in total. The molecular weight excluding hydrogens is 146 g/mol. The van der Waals surface area contributed by atoms with Crippen LogP contribution in [0.3, 0.4) is 0 Å². The van der Waals surface area contributed by atoms with E-state index in [-0.39, 0.29) is 6.42 Å². The SMILES string of the molecule is O=C(O)CC=Cc1ncn[nH]1. The van der Waals surface area contributed by atoms with Gasteiger partial charge in [-0.2, -0.15) is 5.10 Å². The average molecular weight is 153 g/mol. The highest BCUT2D eigenvalue weighted by Crippen LogP contribution is 1.91. The number of aliphatic carboxylic acids is 1. The Morgan fingerprint density at radius 2 is 2.64 bits per heavy atom. The summed E-state index contributed by atoms with van der Waals surface area (Å²) in [5.74, 6) is -0.299. The third-order valence-corrected chi connectivity index (χ3v) is 1.00. The van der Waals surface area contributed by atoms with Gasteiger partial charge in [-0.05, 0) is 6.08 Å². The minimum atomic E-state index is -0.860. The summed E-state index contributed by atoms with van der Waals surface area (Å²) in [4.78, 5) is 13.8. The minimum absolute atomic E-state index is 0.000694. The van der Waals surface area contributed by atoms with Crippen molar-refractivity contribution in [2.24, 2.45) is 0 Å². The summed E-state index contributed by atoms with van der Waals surface area (Å²) >= 11 is 0. The van der Waals surface area contributed by atoms with Crippen molar-refractivity contribution in [1.29, 1.82) is 0 Å². The van der Waals surface area contributed by atoms with Crippen LogP contribution in [0.2, 0.25) is 0 Å². The minimum Gasteiger partial charge on any atom is -0.481 e. The van der Waals surface area contributed by atoms with Gasteiger partial charge in [0.25, 0.3) is 0 Å². The normalized spacial score (nSPS) is 10.5. The number of nitrogens with one attached hydrogen (secondary N) is 1. The smallest absolute Gasteiger partial charge is 0.307 e. The molecule has 1 aromatic rings. The maximum atomic E-state index is 10.0. The predicted molar refractivity (Wildman–Crippen MR) is 37.7 cm³/mol. The van der Waals surface area contributed by atoms with E-state index in [0.29, 0.717) is 5.82 Å². The topological polar surface area (TPSA) is 78.9 Å². The Morgan fingerprint density at radius 3 is 3.18 bits per heavy atom. The molecule has 0 saturated carbocycles. The first-order chi connectivity index (χ1) is 5.29. The van der Waals surface area contributed by atoms with Crippen LogP contribution < -0.4 is 0 Å². The summed E-state index contributed by atoms with van der Waals surface area (Å²) in [7, 11) is 0. The molecule has 0 atom stereocenters. The van der Waals surface area contributed by atoms with Crippen LogP contribution in [-0.4, -0.2) is 26.3 Å². The van der Waals surface area contributed by atoms with E-state index in [1.165, 1.54) is 12.4 Å². The molecule has 0 spiro atoms. The molecule has 1 rings (SSSR count). The molecule has 5 nitrogen and oxygen atoms in total. The molecule has 1 aromatic heterocycles. The van der Waals surface area contributed by atoms with Crippen LogP contribution in [0.15, 0.2) is 12.4 Å². The van der Waals surface area contributed by atoms with E-state index in [1.54, 1.807) is 6.08 Å². The van der Waals surface area contributed by atoms with E-state index >= 15 is 0 Å². The van der Waals surface area contributed by atoms with Crippen LogP contribution in [0.4, 0.5) is 0 Å². The van der Waals surface area contributed by atoms with Crippen molar-refractivity contribution in [2.75, 3.05) is 0 Å². The zero-order valence-corrected chi connectivity index (χ0v) is 5.69. The lowest BCUT2D eigenvalue weighted by Crippen LogP contribution is -1.89. The standard InChI is InChI=1S/C6H7N3O2/c10-6(11)3-1-2-5-7-4-8-9-5/h1-2,4H,3H2,(H,10,11)(H,7,8,9). The van der Waals surface area contributed by atoms with Crippen molar-refractivity contribution < 1.29 is 9.90 Å². The van der Waals surface area contributed by atoms with Gasteiger partial charge >= 0.3 is 5.97 Å². The fourth-order valence-electron chi connectivity index (χ4n) is 0.567. The lowest BCUT2D eigenvalue weighted by Gasteiger charge is -1.81. The number of carbonyl (C=O) groups is 1. The number of aromatic nitrogens is 3. The van der Waals surface area contributed by atoms with Crippen molar-refractivity contribution in [1.82, 2.24) is 15.2 Å². The molecule has 1 heterocycles. The third kappa shape index (κ3) is 2.61. The fraction of sp³-hybridized carbons (Fsp3) is 0.167. The van der Waals surface area contributed by atoms with Crippen LogP contribution in [0.25, 0.3) is 6.08 Å². The Balaban J connectivity index is 2.43. The molecule has 0 bridgehead atoms. The Bertz CT molecular complexity index is 253. The summed E-state index contributed by atoms with van der Waals surface area (Å²) < 4.78 is 0. The largest absolute Gasteiger partial charge is 0.481 e. The second-order valence-electron chi connectivity index (χ2n) is 1.87. The monoisotopic (exact) mass is 153 g/mol. The second kappa shape index (κ2) is 3.50. The number of hydrogen-bond donors (Lipinski definition) is 2. The van der Waals surface area contributed by atoms with E-state index in [2.05, 4.69) is 15.2 Å². The Morgan fingerprint density at radius 1 is 1.82 bits per heavy atom. The highest BCUT2D eigenvalue weighted by molar-refractivity contribution is 5.69. The van der Waals surface area contributed by atoms with Crippen LogP contribution in [0.5, 0.6) is 0 Å². The number of hydrogen-bond acceptors (Lipinski definition) is 3. The summed E-state index contributed by atoms with van der Waals surface area (Å²) in [6, 6.07) is 0. The van der Waals surface area contributed by atoms with E-state index in [0.717, 1.165) is 0 Å². The van der Waals surface area contributed by atoms with Crippen molar-refractivity contribution in [3.8, 4) is 0 Å². The van der Waals surface area contributed by atoms with Crippen LogP contribution >= 0.6 is 0 Å². The van der Waals surface area contributed by atoms with E-state index in [9.17, 15) is 4.79 Å².